The van der Waals surface area contributed by atoms with Crippen molar-refractivity contribution in [3.63, 3.8) is 0 Å². The van der Waals surface area contributed by atoms with Gasteiger partial charge in [0.1, 0.15) is 0 Å². The zero-order valence-electron chi connectivity index (χ0n) is 14.0. The zero-order valence-corrected chi connectivity index (χ0v) is 14.0. The Morgan fingerprint density at radius 3 is 3.00 bits per heavy atom. The van der Waals surface area contributed by atoms with E-state index >= 15 is 0 Å². The number of benzene rings is 1. The Hall–Kier alpha value is -1.75. The Bertz CT molecular complexity index is 498. The molecule has 2 rings (SSSR count). The molecule has 1 heterocycles. The first kappa shape index (κ1) is 16.6. The third-order valence-electron chi connectivity index (χ3n) is 4.28. The Morgan fingerprint density at radius 2 is 2.27 bits per heavy atom. The summed E-state index contributed by atoms with van der Waals surface area (Å²) in [4.78, 5) is 9.05. The summed E-state index contributed by atoms with van der Waals surface area (Å²) in [5.74, 6) is 0.540. The number of likely N-dealkylation sites (N-methyl/N-ethyl adjacent to an activating group) is 1. The summed E-state index contributed by atoms with van der Waals surface area (Å²) in [7, 11) is 4.08. The number of aliphatic imine (C=N–C) groups is 1. The molecule has 5 heteroatoms. The van der Waals surface area contributed by atoms with E-state index in [1.807, 2.05) is 14.1 Å². The first-order valence-corrected chi connectivity index (χ1v) is 8.14. The fraction of sp³-hybridized carbons (Fsp3) is 0.588. The van der Waals surface area contributed by atoms with Gasteiger partial charge in [-0.2, -0.15) is 0 Å². The molecule has 0 aliphatic carbocycles. The number of guanidine groups is 1. The lowest BCUT2D eigenvalue weighted by Crippen LogP contribution is -2.42. The highest BCUT2D eigenvalue weighted by Crippen LogP contribution is 2.16. The van der Waals surface area contributed by atoms with Gasteiger partial charge in [0.15, 0.2) is 5.96 Å². The predicted molar refractivity (Wildman–Crippen MR) is 94.4 cm³/mol. The fourth-order valence-electron chi connectivity index (χ4n) is 2.93. The number of rotatable bonds is 6. The third kappa shape index (κ3) is 4.63. The van der Waals surface area contributed by atoms with Crippen LogP contribution in [0.5, 0.6) is 0 Å². The highest BCUT2D eigenvalue weighted by Gasteiger charge is 2.22. The molecule has 0 bridgehead atoms. The van der Waals surface area contributed by atoms with Crippen molar-refractivity contribution in [1.82, 2.24) is 10.2 Å². The summed E-state index contributed by atoms with van der Waals surface area (Å²) in [6, 6.07) is 8.97. The van der Waals surface area contributed by atoms with Crippen LogP contribution in [0.1, 0.15) is 25.3 Å². The van der Waals surface area contributed by atoms with E-state index in [0.29, 0.717) is 18.5 Å². The molecule has 0 aromatic heterocycles. The first-order chi connectivity index (χ1) is 10.6. The zero-order chi connectivity index (χ0) is 15.9. The molecule has 1 fully saturated rings. The quantitative estimate of drug-likeness (QED) is 0.620. The molecule has 0 saturated carbocycles. The van der Waals surface area contributed by atoms with Gasteiger partial charge in [-0.05, 0) is 43.6 Å². The van der Waals surface area contributed by atoms with Crippen molar-refractivity contribution in [2.24, 2.45) is 10.7 Å². The molecular formula is C17H29N5. The second-order valence-electron chi connectivity index (χ2n) is 6.07. The highest BCUT2D eigenvalue weighted by atomic mass is 15.2. The lowest BCUT2D eigenvalue weighted by atomic mass is 10.2. The Balaban J connectivity index is 1.83. The smallest absolute Gasteiger partial charge is 0.188 e. The van der Waals surface area contributed by atoms with Crippen molar-refractivity contribution >= 4 is 11.6 Å². The number of likely N-dealkylation sites (tertiary alicyclic amines) is 1. The van der Waals surface area contributed by atoms with Crippen molar-refractivity contribution in [3.05, 3.63) is 29.8 Å². The summed E-state index contributed by atoms with van der Waals surface area (Å²) in [6.45, 7) is 6.04. The summed E-state index contributed by atoms with van der Waals surface area (Å²) in [5.41, 5.74) is 8.35. The van der Waals surface area contributed by atoms with E-state index in [9.17, 15) is 0 Å². The molecule has 1 aromatic carbocycles. The SMILES string of the molecule is CCN1CCCC1CNC(N)=NCc1cccc(N(C)C)c1. The summed E-state index contributed by atoms with van der Waals surface area (Å²) < 4.78 is 0. The lowest BCUT2D eigenvalue weighted by molar-refractivity contribution is 0.267. The van der Waals surface area contributed by atoms with E-state index < -0.39 is 0 Å². The number of hydrogen-bond donors (Lipinski definition) is 2. The van der Waals surface area contributed by atoms with Crippen molar-refractivity contribution < 1.29 is 0 Å². The Morgan fingerprint density at radius 1 is 1.45 bits per heavy atom. The van der Waals surface area contributed by atoms with Crippen molar-refractivity contribution in [2.75, 3.05) is 38.6 Å². The molecule has 3 N–H and O–H groups in total. The largest absolute Gasteiger partial charge is 0.378 e. The van der Waals surface area contributed by atoms with E-state index in [0.717, 1.165) is 13.1 Å². The van der Waals surface area contributed by atoms with Gasteiger partial charge in [-0.1, -0.05) is 19.1 Å². The number of nitrogens with zero attached hydrogens (tertiary/aromatic N) is 3. The maximum atomic E-state index is 5.99. The number of hydrogen-bond acceptors (Lipinski definition) is 3. The molecule has 0 spiro atoms. The molecule has 1 aromatic rings. The molecule has 0 amide bonds. The minimum Gasteiger partial charge on any atom is -0.378 e. The van der Waals surface area contributed by atoms with Crippen LogP contribution in [0.2, 0.25) is 0 Å². The molecule has 1 atom stereocenters. The third-order valence-corrected chi connectivity index (χ3v) is 4.28. The second-order valence-corrected chi connectivity index (χ2v) is 6.07. The molecule has 122 valence electrons. The molecule has 1 aliphatic heterocycles. The van der Waals surface area contributed by atoms with Crippen LogP contribution in [0.4, 0.5) is 5.69 Å². The Kier molecular flexibility index (Phi) is 6.07. The molecule has 0 radical (unpaired) electrons. The van der Waals surface area contributed by atoms with Gasteiger partial charge in [0.2, 0.25) is 0 Å². The first-order valence-electron chi connectivity index (χ1n) is 8.14. The average molecular weight is 303 g/mol. The topological polar surface area (TPSA) is 56.9 Å². The number of anilines is 1. The predicted octanol–water partition coefficient (Wildman–Crippen LogP) is 1.64. The van der Waals surface area contributed by atoms with Gasteiger partial charge in [0.05, 0.1) is 6.54 Å². The van der Waals surface area contributed by atoms with E-state index in [-0.39, 0.29) is 0 Å². The number of nitrogens with one attached hydrogen (secondary N) is 1. The average Bonchev–Trinajstić information content (AvgIpc) is 2.98. The van der Waals surface area contributed by atoms with Crippen molar-refractivity contribution in [2.45, 2.75) is 32.4 Å². The van der Waals surface area contributed by atoms with E-state index in [2.05, 4.69) is 51.3 Å². The normalized spacial score (nSPS) is 19.4. The van der Waals surface area contributed by atoms with Gasteiger partial charge in [0.25, 0.3) is 0 Å². The van der Waals surface area contributed by atoms with E-state index in [4.69, 9.17) is 5.73 Å². The molecular weight excluding hydrogens is 274 g/mol. The fourth-order valence-corrected chi connectivity index (χ4v) is 2.93. The standard InChI is InChI=1S/C17H29N5/c1-4-22-10-6-9-16(22)13-20-17(18)19-12-14-7-5-8-15(11-14)21(2)3/h5,7-8,11,16H,4,6,9-10,12-13H2,1-3H3,(H3,18,19,20). The lowest BCUT2D eigenvalue weighted by Gasteiger charge is -2.23. The monoisotopic (exact) mass is 303 g/mol. The molecule has 1 aliphatic rings. The number of nitrogens with two attached hydrogens (primary N) is 1. The van der Waals surface area contributed by atoms with Crippen LogP contribution >= 0.6 is 0 Å². The molecule has 22 heavy (non-hydrogen) atoms. The maximum Gasteiger partial charge on any atom is 0.188 e. The minimum absolute atomic E-state index is 0.540. The van der Waals surface area contributed by atoms with Gasteiger partial charge in [-0.25, -0.2) is 4.99 Å². The van der Waals surface area contributed by atoms with Crippen LogP contribution in [0.15, 0.2) is 29.3 Å². The van der Waals surface area contributed by atoms with Crippen LogP contribution in [0, 0.1) is 0 Å². The summed E-state index contributed by atoms with van der Waals surface area (Å²) in [6.07, 6.45) is 2.54. The van der Waals surface area contributed by atoms with Crippen molar-refractivity contribution in [3.8, 4) is 0 Å². The van der Waals surface area contributed by atoms with Crippen LogP contribution < -0.4 is 16.0 Å². The van der Waals surface area contributed by atoms with Crippen LogP contribution in [-0.4, -0.2) is 50.6 Å². The van der Waals surface area contributed by atoms with Gasteiger partial charge < -0.3 is 16.0 Å². The molecule has 5 nitrogen and oxygen atoms in total. The maximum absolute atomic E-state index is 5.99. The summed E-state index contributed by atoms with van der Waals surface area (Å²) >= 11 is 0. The van der Waals surface area contributed by atoms with Crippen LogP contribution in [0.25, 0.3) is 0 Å². The van der Waals surface area contributed by atoms with Crippen LogP contribution in [-0.2, 0) is 6.54 Å². The molecule has 1 unspecified atom stereocenters. The highest BCUT2D eigenvalue weighted by molar-refractivity contribution is 5.77. The van der Waals surface area contributed by atoms with Crippen molar-refractivity contribution in [1.29, 1.82) is 0 Å². The van der Waals surface area contributed by atoms with Gasteiger partial charge in [-0.15, -0.1) is 0 Å². The second kappa shape index (κ2) is 8.03. The molecule has 1 saturated heterocycles. The van der Waals surface area contributed by atoms with Gasteiger partial charge >= 0.3 is 0 Å². The minimum atomic E-state index is 0.540. The van der Waals surface area contributed by atoms with Gasteiger partial charge in [-0.3, -0.25) is 4.90 Å². The van der Waals surface area contributed by atoms with E-state index in [1.54, 1.807) is 0 Å². The summed E-state index contributed by atoms with van der Waals surface area (Å²) in [5, 5.41) is 3.27. The Labute approximate surface area is 134 Å². The van der Waals surface area contributed by atoms with Crippen LogP contribution in [0.3, 0.4) is 0 Å². The van der Waals surface area contributed by atoms with Gasteiger partial charge in [0, 0.05) is 32.4 Å². The van der Waals surface area contributed by atoms with E-state index in [1.165, 1.54) is 30.6 Å².